The van der Waals surface area contributed by atoms with E-state index in [-0.39, 0.29) is 0 Å². The van der Waals surface area contributed by atoms with Crippen molar-refractivity contribution in [3.05, 3.63) is 226 Å². The third-order valence-electron chi connectivity index (χ3n) is 12.2. The second-order valence-electron chi connectivity index (χ2n) is 14.2. The zero-order valence-corrected chi connectivity index (χ0v) is 27.7. The van der Waals surface area contributed by atoms with Crippen LogP contribution >= 0.6 is 0 Å². The van der Waals surface area contributed by atoms with Gasteiger partial charge in [-0.2, -0.15) is 0 Å². The molecule has 0 saturated carbocycles. The van der Waals surface area contributed by atoms with Gasteiger partial charge in [0.05, 0.1) is 10.8 Å². The Morgan fingerprint density at radius 2 is 0.667 bits per heavy atom. The summed E-state index contributed by atoms with van der Waals surface area (Å²) in [6.45, 7) is 0. The molecule has 12 rings (SSSR count). The Balaban J connectivity index is 1.34. The summed E-state index contributed by atoms with van der Waals surface area (Å²) in [5, 5.41) is 2.29. The van der Waals surface area contributed by atoms with E-state index < -0.39 is 10.8 Å². The Hall–Kier alpha value is -6.44. The van der Waals surface area contributed by atoms with E-state index in [4.69, 9.17) is 4.42 Å². The molecule has 2 spiro atoms. The predicted molar refractivity (Wildman–Crippen MR) is 207 cm³/mol. The summed E-state index contributed by atoms with van der Waals surface area (Å²) in [7, 11) is 0. The summed E-state index contributed by atoms with van der Waals surface area (Å²) < 4.78 is 6.82. The summed E-state index contributed by atoms with van der Waals surface area (Å²) >= 11 is 0. The van der Waals surface area contributed by atoms with E-state index in [0.29, 0.717) is 0 Å². The molecule has 0 bridgehead atoms. The summed E-state index contributed by atoms with van der Waals surface area (Å²) in [5.41, 5.74) is 19.0. The Bertz CT molecular complexity index is 2850. The molecule has 0 unspecified atom stereocenters. The van der Waals surface area contributed by atoms with Crippen molar-refractivity contribution in [3.63, 3.8) is 0 Å². The van der Waals surface area contributed by atoms with E-state index in [1.54, 1.807) is 0 Å². The Morgan fingerprint density at radius 1 is 0.275 bits per heavy atom. The van der Waals surface area contributed by atoms with Gasteiger partial charge in [-0.3, -0.25) is 0 Å². The van der Waals surface area contributed by atoms with Crippen LogP contribution in [0.25, 0.3) is 55.3 Å². The largest absolute Gasteiger partial charge is 0.455 e. The lowest BCUT2D eigenvalue weighted by Gasteiger charge is -2.49. The van der Waals surface area contributed by atoms with Crippen LogP contribution in [0.5, 0.6) is 0 Å². The van der Waals surface area contributed by atoms with Crippen LogP contribution < -0.4 is 0 Å². The van der Waals surface area contributed by atoms with Gasteiger partial charge in [-0.15, -0.1) is 0 Å². The molecule has 1 heterocycles. The second kappa shape index (κ2) is 9.62. The number of furan rings is 1. The molecule has 1 heteroatoms. The first-order valence-electron chi connectivity index (χ1n) is 17.9. The van der Waals surface area contributed by atoms with E-state index in [9.17, 15) is 0 Å². The quantitative estimate of drug-likeness (QED) is 0.173. The van der Waals surface area contributed by atoms with Gasteiger partial charge in [0, 0.05) is 16.3 Å². The molecule has 1 nitrogen and oxygen atoms in total. The molecular formula is C50H30O. The number of fused-ring (bicyclic) bond motifs is 19. The molecule has 0 N–H and O–H groups in total. The summed E-state index contributed by atoms with van der Waals surface area (Å²) in [5.74, 6) is 0. The lowest BCUT2D eigenvalue weighted by molar-refractivity contribution is 0.633. The van der Waals surface area contributed by atoms with Crippen LogP contribution in [0.15, 0.2) is 186 Å². The van der Waals surface area contributed by atoms with Crippen LogP contribution in [-0.4, -0.2) is 0 Å². The van der Waals surface area contributed by atoms with Crippen LogP contribution in [0.2, 0.25) is 0 Å². The second-order valence-corrected chi connectivity index (χ2v) is 14.2. The van der Waals surface area contributed by atoms with Gasteiger partial charge in [0.15, 0.2) is 0 Å². The summed E-state index contributed by atoms with van der Waals surface area (Å²) in [6.07, 6.45) is 0. The molecule has 0 atom stereocenters. The van der Waals surface area contributed by atoms with E-state index in [0.717, 1.165) is 27.5 Å². The monoisotopic (exact) mass is 646 g/mol. The van der Waals surface area contributed by atoms with Gasteiger partial charge in [-0.05, 0) is 78.4 Å². The maximum Gasteiger partial charge on any atom is 0.143 e. The Kier molecular flexibility index (Phi) is 5.17. The van der Waals surface area contributed by atoms with Crippen molar-refractivity contribution in [1.82, 2.24) is 0 Å². The van der Waals surface area contributed by atoms with Gasteiger partial charge in [0.1, 0.15) is 11.2 Å². The lowest BCUT2D eigenvalue weighted by atomic mass is 9.51. The van der Waals surface area contributed by atoms with Gasteiger partial charge in [-0.1, -0.05) is 176 Å². The number of hydrogen-bond donors (Lipinski definition) is 0. The van der Waals surface area contributed by atoms with Gasteiger partial charge in [-0.25, -0.2) is 0 Å². The predicted octanol–water partition coefficient (Wildman–Crippen LogP) is 12.3. The van der Waals surface area contributed by atoms with Crippen molar-refractivity contribution in [2.75, 3.05) is 0 Å². The first-order valence-corrected chi connectivity index (χ1v) is 17.9. The van der Waals surface area contributed by atoms with Crippen LogP contribution in [0.3, 0.4) is 0 Å². The minimum absolute atomic E-state index is 0.519. The fourth-order valence-corrected chi connectivity index (χ4v) is 10.5. The molecule has 0 aliphatic heterocycles. The smallest absolute Gasteiger partial charge is 0.143 e. The van der Waals surface area contributed by atoms with E-state index in [1.165, 1.54) is 72.3 Å². The first kappa shape index (κ1) is 27.4. The third kappa shape index (κ3) is 3.11. The van der Waals surface area contributed by atoms with E-state index >= 15 is 0 Å². The first-order chi connectivity index (χ1) is 25.3. The maximum atomic E-state index is 6.82. The van der Waals surface area contributed by atoms with Crippen molar-refractivity contribution < 1.29 is 4.42 Å². The van der Waals surface area contributed by atoms with Crippen molar-refractivity contribution >= 4 is 21.9 Å². The van der Waals surface area contributed by atoms with Crippen molar-refractivity contribution in [2.45, 2.75) is 10.8 Å². The van der Waals surface area contributed by atoms with Gasteiger partial charge in [0.2, 0.25) is 0 Å². The van der Waals surface area contributed by atoms with E-state index in [2.05, 4.69) is 182 Å². The maximum absolute atomic E-state index is 6.82. The summed E-state index contributed by atoms with van der Waals surface area (Å²) in [4.78, 5) is 0. The third-order valence-corrected chi connectivity index (χ3v) is 12.2. The number of hydrogen-bond acceptors (Lipinski definition) is 1. The van der Waals surface area contributed by atoms with Gasteiger partial charge >= 0.3 is 0 Å². The van der Waals surface area contributed by atoms with Crippen LogP contribution in [-0.2, 0) is 10.8 Å². The molecule has 9 aromatic rings. The zero-order valence-electron chi connectivity index (χ0n) is 27.7. The standard InChI is InChI=1S/C50H30O/c1-6-23-39-31(15-1)32-16-2-7-24-40(32)49(39)43-27-10-11-28-44(43)50(41-25-8-3-17-33(41)34-18-4-9-26-42(34)50)47-36(20-14-29-45(47)49)38-22-13-21-37-35-19-5-12-30-46(35)51-48(37)38/h1-30H. The van der Waals surface area contributed by atoms with Gasteiger partial charge in [0.25, 0.3) is 0 Å². The Morgan fingerprint density at radius 3 is 1.27 bits per heavy atom. The van der Waals surface area contributed by atoms with Crippen molar-refractivity contribution in [3.8, 4) is 33.4 Å². The molecule has 3 aliphatic carbocycles. The van der Waals surface area contributed by atoms with Crippen LogP contribution in [0.4, 0.5) is 0 Å². The molecule has 0 amide bonds. The number of rotatable bonds is 1. The molecule has 3 aliphatic rings. The fraction of sp³-hybridized carbons (Fsp3) is 0.0400. The molecule has 0 saturated heterocycles. The lowest BCUT2D eigenvalue weighted by Crippen LogP contribution is -2.44. The zero-order chi connectivity index (χ0) is 33.3. The van der Waals surface area contributed by atoms with Crippen LogP contribution in [0, 0.1) is 0 Å². The highest BCUT2D eigenvalue weighted by Crippen LogP contribution is 2.68. The molecule has 1 aromatic heterocycles. The molecule has 236 valence electrons. The molecule has 8 aromatic carbocycles. The highest BCUT2D eigenvalue weighted by Gasteiger charge is 2.59. The van der Waals surface area contributed by atoms with Crippen LogP contribution in [0.1, 0.15) is 44.5 Å². The minimum atomic E-state index is -0.568. The number of para-hydroxylation sites is 2. The van der Waals surface area contributed by atoms with Gasteiger partial charge < -0.3 is 4.42 Å². The Labute approximate surface area is 296 Å². The number of benzene rings is 8. The average Bonchev–Trinajstić information content (AvgIpc) is 3.83. The van der Waals surface area contributed by atoms with Crippen molar-refractivity contribution in [2.24, 2.45) is 0 Å². The average molecular weight is 647 g/mol. The fourth-order valence-electron chi connectivity index (χ4n) is 10.5. The molecular weight excluding hydrogens is 617 g/mol. The topological polar surface area (TPSA) is 13.1 Å². The normalized spacial score (nSPS) is 15.0. The highest BCUT2D eigenvalue weighted by atomic mass is 16.3. The summed E-state index contributed by atoms with van der Waals surface area (Å²) in [6, 6.07) is 67.9. The van der Waals surface area contributed by atoms with E-state index in [1.807, 2.05) is 0 Å². The molecule has 0 radical (unpaired) electrons. The van der Waals surface area contributed by atoms with Crippen molar-refractivity contribution in [1.29, 1.82) is 0 Å². The minimum Gasteiger partial charge on any atom is -0.455 e. The molecule has 0 fully saturated rings. The highest BCUT2D eigenvalue weighted by molar-refractivity contribution is 6.10. The SMILES string of the molecule is c1ccc2c(c1)-c1ccccc1C21c2ccccc2C2(c3ccccc3-c3ccccc32)c2c(-c3cccc4c3oc3ccccc34)cccc21. The molecule has 51 heavy (non-hydrogen) atoms.